The van der Waals surface area contributed by atoms with E-state index in [1.165, 1.54) is 5.56 Å². The van der Waals surface area contributed by atoms with Gasteiger partial charge in [-0.1, -0.05) is 32.9 Å². The van der Waals surface area contributed by atoms with E-state index in [9.17, 15) is 0 Å². The lowest BCUT2D eigenvalue weighted by Gasteiger charge is -2.24. The molecule has 0 aliphatic carbocycles. The third kappa shape index (κ3) is 3.74. The van der Waals surface area contributed by atoms with Gasteiger partial charge in [-0.15, -0.1) is 0 Å². The van der Waals surface area contributed by atoms with E-state index < -0.39 is 0 Å². The molecule has 1 unspecified atom stereocenters. The highest BCUT2D eigenvalue weighted by Crippen LogP contribution is 2.28. The van der Waals surface area contributed by atoms with E-state index in [-0.39, 0.29) is 17.6 Å². The third-order valence-electron chi connectivity index (χ3n) is 3.58. The number of benzene rings is 1. The molecule has 96 valence electrons. The van der Waals surface area contributed by atoms with Gasteiger partial charge in [0.15, 0.2) is 0 Å². The summed E-state index contributed by atoms with van der Waals surface area (Å²) < 4.78 is 5.75. The van der Waals surface area contributed by atoms with E-state index in [4.69, 9.17) is 10.5 Å². The minimum absolute atomic E-state index is 0.0417. The van der Waals surface area contributed by atoms with Crippen molar-refractivity contribution in [3.05, 3.63) is 29.8 Å². The molecule has 0 fully saturated rings. The minimum atomic E-state index is 0.0417. The second-order valence-electron chi connectivity index (χ2n) is 5.44. The van der Waals surface area contributed by atoms with E-state index in [0.29, 0.717) is 0 Å². The molecule has 1 aromatic carbocycles. The lowest BCUT2D eigenvalue weighted by atomic mass is 9.82. The Balaban J connectivity index is 2.75. The van der Waals surface area contributed by atoms with Gasteiger partial charge in [0.2, 0.25) is 0 Å². The smallest absolute Gasteiger partial charge is 0.119 e. The van der Waals surface area contributed by atoms with Crippen LogP contribution in [0.15, 0.2) is 24.3 Å². The molecule has 1 rings (SSSR count). The van der Waals surface area contributed by atoms with E-state index in [1.54, 1.807) is 0 Å². The second kappa shape index (κ2) is 5.54. The SMILES string of the molecule is CCC(C)(C)c1ccc(OC(C)[C@@H](C)N)cc1. The zero-order valence-electron chi connectivity index (χ0n) is 11.7. The highest BCUT2D eigenvalue weighted by molar-refractivity contribution is 5.31. The Hall–Kier alpha value is -1.02. The molecular formula is C15H25NO. The normalized spacial score (nSPS) is 15.4. The first-order valence-corrected chi connectivity index (χ1v) is 6.39. The first-order valence-electron chi connectivity index (χ1n) is 6.39. The largest absolute Gasteiger partial charge is 0.489 e. The zero-order valence-corrected chi connectivity index (χ0v) is 11.7. The van der Waals surface area contributed by atoms with Crippen LogP contribution in [0.2, 0.25) is 0 Å². The van der Waals surface area contributed by atoms with Gasteiger partial charge in [-0.25, -0.2) is 0 Å². The van der Waals surface area contributed by atoms with Crippen LogP contribution in [0.1, 0.15) is 46.6 Å². The van der Waals surface area contributed by atoms with Gasteiger partial charge in [0, 0.05) is 6.04 Å². The van der Waals surface area contributed by atoms with E-state index in [1.807, 2.05) is 26.0 Å². The molecule has 2 nitrogen and oxygen atoms in total. The van der Waals surface area contributed by atoms with Gasteiger partial charge in [-0.3, -0.25) is 0 Å². The lowest BCUT2D eigenvalue weighted by molar-refractivity contribution is 0.196. The highest BCUT2D eigenvalue weighted by Gasteiger charge is 2.18. The Morgan fingerprint density at radius 2 is 1.71 bits per heavy atom. The summed E-state index contributed by atoms with van der Waals surface area (Å²) in [5.41, 5.74) is 7.35. The fourth-order valence-corrected chi connectivity index (χ4v) is 1.51. The molecule has 0 bridgehead atoms. The lowest BCUT2D eigenvalue weighted by Crippen LogP contribution is -2.33. The van der Waals surface area contributed by atoms with Crippen molar-refractivity contribution in [1.29, 1.82) is 0 Å². The van der Waals surface area contributed by atoms with Crippen LogP contribution in [-0.2, 0) is 5.41 Å². The molecule has 0 aliphatic rings. The van der Waals surface area contributed by atoms with Crippen molar-refractivity contribution in [2.45, 2.75) is 58.6 Å². The van der Waals surface area contributed by atoms with Crippen molar-refractivity contribution in [3.63, 3.8) is 0 Å². The maximum Gasteiger partial charge on any atom is 0.119 e. The summed E-state index contributed by atoms with van der Waals surface area (Å²) in [5.74, 6) is 0.894. The van der Waals surface area contributed by atoms with E-state index in [0.717, 1.165) is 12.2 Å². The van der Waals surface area contributed by atoms with Gasteiger partial charge in [0.05, 0.1) is 0 Å². The van der Waals surface area contributed by atoms with Crippen LogP contribution >= 0.6 is 0 Å². The minimum Gasteiger partial charge on any atom is -0.489 e. The summed E-state index contributed by atoms with van der Waals surface area (Å²) in [6.45, 7) is 10.7. The van der Waals surface area contributed by atoms with Crippen molar-refractivity contribution in [2.75, 3.05) is 0 Å². The zero-order chi connectivity index (χ0) is 13.1. The van der Waals surface area contributed by atoms with Crippen LogP contribution in [0, 0.1) is 0 Å². The third-order valence-corrected chi connectivity index (χ3v) is 3.58. The summed E-state index contributed by atoms with van der Waals surface area (Å²) in [6.07, 6.45) is 1.17. The average Bonchev–Trinajstić information content (AvgIpc) is 2.29. The fraction of sp³-hybridized carbons (Fsp3) is 0.600. The molecule has 0 saturated carbocycles. The summed E-state index contributed by atoms with van der Waals surface area (Å²) in [6, 6.07) is 8.40. The van der Waals surface area contributed by atoms with Crippen LogP contribution in [0.25, 0.3) is 0 Å². The topological polar surface area (TPSA) is 35.2 Å². The maximum atomic E-state index is 5.78. The molecule has 2 atom stereocenters. The second-order valence-corrected chi connectivity index (χ2v) is 5.44. The van der Waals surface area contributed by atoms with Crippen LogP contribution in [0.3, 0.4) is 0 Å². The first-order chi connectivity index (χ1) is 7.86. The number of nitrogens with two attached hydrogens (primary N) is 1. The molecule has 0 heterocycles. The summed E-state index contributed by atoms with van der Waals surface area (Å²) >= 11 is 0. The van der Waals surface area contributed by atoms with E-state index in [2.05, 4.69) is 32.9 Å². The molecule has 0 spiro atoms. The summed E-state index contributed by atoms with van der Waals surface area (Å²) in [5, 5.41) is 0. The molecule has 2 heteroatoms. The fourth-order valence-electron chi connectivity index (χ4n) is 1.51. The molecule has 0 aromatic heterocycles. The monoisotopic (exact) mass is 235 g/mol. The van der Waals surface area contributed by atoms with Crippen LogP contribution in [0.5, 0.6) is 5.75 Å². The Morgan fingerprint density at radius 3 is 2.12 bits per heavy atom. The molecule has 0 saturated heterocycles. The van der Waals surface area contributed by atoms with Gasteiger partial charge in [0.1, 0.15) is 11.9 Å². The standard InChI is InChI=1S/C15H25NO/c1-6-15(4,5)13-7-9-14(10-8-13)17-12(3)11(2)16/h7-12H,6,16H2,1-5H3/t11-,12?/m1/s1. The summed E-state index contributed by atoms with van der Waals surface area (Å²) in [7, 11) is 0. The Morgan fingerprint density at radius 1 is 1.18 bits per heavy atom. The molecule has 1 aromatic rings. The molecule has 0 amide bonds. The van der Waals surface area contributed by atoms with Crippen LogP contribution in [-0.4, -0.2) is 12.1 Å². The first kappa shape index (κ1) is 14.0. The molecular weight excluding hydrogens is 210 g/mol. The maximum absolute atomic E-state index is 5.78. The highest BCUT2D eigenvalue weighted by atomic mass is 16.5. The van der Waals surface area contributed by atoms with Crippen LogP contribution < -0.4 is 10.5 Å². The van der Waals surface area contributed by atoms with Crippen molar-refractivity contribution in [3.8, 4) is 5.75 Å². The summed E-state index contributed by atoms with van der Waals surface area (Å²) in [4.78, 5) is 0. The van der Waals surface area contributed by atoms with Crippen molar-refractivity contribution in [1.82, 2.24) is 0 Å². The molecule has 0 aliphatic heterocycles. The molecule has 17 heavy (non-hydrogen) atoms. The number of hydrogen-bond donors (Lipinski definition) is 1. The van der Waals surface area contributed by atoms with Gasteiger partial charge >= 0.3 is 0 Å². The van der Waals surface area contributed by atoms with Gasteiger partial charge in [-0.2, -0.15) is 0 Å². The number of ether oxygens (including phenoxy) is 1. The van der Waals surface area contributed by atoms with Crippen molar-refractivity contribution >= 4 is 0 Å². The molecule has 0 radical (unpaired) electrons. The van der Waals surface area contributed by atoms with E-state index >= 15 is 0 Å². The average molecular weight is 235 g/mol. The molecule has 2 N–H and O–H groups in total. The predicted molar refractivity (Wildman–Crippen MR) is 73.5 cm³/mol. The quantitative estimate of drug-likeness (QED) is 0.848. The number of rotatable bonds is 5. The predicted octanol–water partition coefficient (Wildman–Crippen LogP) is 3.49. The Bertz CT molecular complexity index is 340. The van der Waals surface area contributed by atoms with Gasteiger partial charge in [0.25, 0.3) is 0 Å². The Labute approximate surface area is 105 Å². The van der Waals surface area contributed by atoms with Crippen molar-refractivity contribution < 1.29 is 4.74 Å². The van der Waals surface area contributed by atoms with Crippen LogP contribution in [0.4, 0.5) is 0 Å². The van der Waals surface area contributed by atoms with Crippen molar-refractivity contribution in [2.24, 2.45) is 5.73 Å². The number of hydrogen-bond acceptors (Lipinski definition) is 2. The Kier molecular flexibility index (Phi) is 4.58. The van der Waals surface area contributed by atoms with Gasteiger partial charge < -0.3 is 10.5 Å². The van der Waals surface area contributed by atoms with Gasteiger partial charge in [-0.05, 0) is 43.4 Å².